The third-order valence-corrected chi connectivity index (χ3v) is 1.15. The summed E-state index contributed by atoms with van der Waals surface area (Å²) in [4.78, 5) is 14.3. The van der Waals surface area contributed by atoms with Crippen molar-refractivity contribution in [3.63, 3.8) is 0 Å². The second-order valence-electron chi connectivity index (χ2n) is 2.01. The van der Waals surface area contributed by atoms with Crippen molar-refractivity contribution < 1.29 is 14.1 Å². The number of aromatic nitrogens is 2. The summed E-state index contributed by atoms with van der Waals surface area (Å²) in [6.45, 7) is 0.113. The van der Waals surface area contributed by atoms with Crippen LogP contribution in [0.3, 0.4) is 0 Å². The normalized spacial score (nSPS) is 9.75. The molecular weight excluding hydrogens is 162 g/mol. The summed E-state index contributed by atoms with van der Waals surface area (Å²) >= 11 is 0. The average molecular weight is 171 g/mol. The van der Waals surface area contributed by atoms with Crippen LogP contribution >= 0.6 is 0 Å². The third kappa shape index (κ3) is 2.67. The molecule has 0 radical (unpaired) electrons. The van der Waals surface area contributed by atoms with Crippen LogP contribution in [-0.2, 0) is 16.0 Å². The lowest BCUT2D eigenvalue weighted by molar-refractivity contribution is -0.141. The smallest absolute Gasteiger partial charge is 0.319 e. The number of nitrogens with zero attached hydrogens (tertiary/aromatic N) is 2. The largest absolute Gasteiger partial charge is 0.464 e. The highest BCUT2D eigenvalue weighted by molar-refractivity contribution is 5.71. The van der Waals surface area contributed by atoms with Crippen molar-refractivity contribution in [1.82, 2.24) is 10.1 Å². The minimum absolute atomic E-state index is 0.107. The maximum atomic E-state index is 10.5. The van der Waals surface area contributed by atoms with Gasteiger partial charge in [-0.1, -0.05) is 5.16 Å². The van der Waals surface area contributed by atoms with Gasteiger partial charge in [-0.25, -0.2) is 0 Å². The monoisotopic (exact) mass is 171 g/mol. The quantitative estimate of drug-likeness (QED) is 0.591. The maximum Gasteiger partial charge on any atom is 0.319 e. The van der Waals surface area contributed by atoms with E-state index in [9.17, 15) is 4.79 Å². The molecule has 0 fully saturated rings. The topological polar surface area (TPSA) is 91.2 Å². The molecule has 0 unspecified atom stereocenters. The molecule has 6 heteroatoms. The molecule has 0 aromatic carbocycles. The molecule has 0 aliphatic heterocycles. The maximum absolute atomic E-state index is 10.5. The van der Waals surface area contributed by atoms with E-state index < -0.39 is 5.97 Å². The summed E-state index contributed by atoms with van der Waals surface area (Å²) < 4.78 is 9.34. The molecule has 0 saturated carbocycles. The molecular formula is C6H9N3O3. The standard InChI is InChI=1S/C6H9N3O3/c7-3-6(10)11-2-1-5-8-4-9-12-5/h4H,1-3,7H2. The van der Waals surface area contributed by atoms with Crippen LogP contribution in [0.1, 0.15) is 5.89 Å². The van der Waals surface area contributed by atoms with E-state index in [2.05, 4.69) is 19.4 Å². The van der Waals surface area contributed by atoms with Crippen molar-refractivity contribution in [3.05, 3.63) is 12.2 Å². The fourth-order valence-electron chi connectivity index (χ4n) is 0.617. The first kappa shape index (κ1) is 8.66. The van der Waals surface area contributed by atoms with Crippen molar-refractivity contribution >= 4 is 5.97 Å². The SMILES string of the molecule is NCC(=O)OCCc1ncno1. The fourth-order valence-corrected chi connectivity index (χ4v) is 0.617. The van der Waals surface area contributed by atoms with Gasteiger partial charge >= 0.3 is 5.97 Å². The van der Waals surface area contributed by atoms with Crippen LogP contribution in [0.4, 0.5) is 0 Å². The molecule has 0 aliphatic rings. The van der Waals surface area contributed by atoms with E-state index in [4.69, 9.17) is 5.73 Å². The number of hydrogen-bond donors (Lipinski definition) is 1. The van der Waals surface area contributed by atoms with Gasteiger partial charge in [0.25, 0.3) is 0 Å². The van der Waals surface area contributed by atoms with Gasteiger partial charge in [-0.3, -0.25) is 4.79 Å². The van der Waals surface area contributed by atoms with Crippen LogP contribution in [0.15, 0.2) is 10.9 Å². The highest BCUT2D eigenvalue weighted by atomic mass is 16.5. The average Bonchev–Trinajstić information content (AvgIpc) is 2.57. The van der Waals surface area contributed by atoms with Crippen LogP contribution < -0.4 is 5.73 Å². The molecule has 0 saturated heterocycles. The third-order valence-electron chi connectivity index (χ3n) is 1.15. The lowest BCUT2D eigenvalue weighted by atomic mass is 10.4. The lowest BCUT2D eigenvalue weighted by Crippen LogP contribution is -2.17. The van der Waals surface area contributed by atoms with E-state index in [0.29, 0.717) is 12.3 Å². The van der Waals surface area contributed by atoms with Crippen molar-refractivity contribution in [1.29, 1.82) is 0 Å². The molecule has 0 amide bonds. The van der Waals surface area contributed by atoms with Crippen LogP contribution in [0, 0.1) is 0 Å². The number of carbonyl (C=O) groups is 1. The van der Waals surface area contributed by atoms with Crippen LogP contribution in [0.2, 0.25) is 0 Å². The lowest BCUT2D eigenvalue weighted by Gasteiger charge is -1.98. The number of esters is 1. The van der Waals surface area contributed by atoms with E-state index in [1.165, 1.54) is 6.33 Å². The molecule has 0 bridgehead atoms. The van der Waals surface area contributed by atoms with Gasteiger partial charge in [0.15, 0.2) is 6.33 Å². The predicted octanol–water partition coefficient (Wildman–Crippen LogP) is -0.886. The molecule has 66 valence electrons. The molecule has 1 aromatic heterocycles. The first-order chi connectivity index (χ1) is 5.83. The van der Waals surface area contributed by atoms with E-state index in [1.54, 1.807) is 0 Å². The summed E-state index contributed by atoms with van der Waals surface area (Å²) in [6, 6.07) is 0. The van der Waals surface area contributed by atoms with E-state index >= 15 is 0 Å². The Kier molecular flexibility index (Phi) is 3.21. The Morgan fingerprint density at radius 1 is 1.75 bits per heavy atom. The van der Waals surface area contributed by atoms with Gasteiger partial charge in [0.2, 0.25) is 5.89 Å². The van der Waals surface area contributed by atoms with Crippen molar-refractivity contribution in [2.75, 3.05) is 13.2 Å². The molecule has 0 aliphatic carbocycles. The van der Waals surface area contributed by atoms with Crippen molar-refractivity contribution in [2.24, 2.45) is 5.73 Å². The van der Waals surface area contributed by atoms with Gasteiger partial charge in [0.05, 0.1) is 13.0 Å². The van der Waals surface area contributed by atoms with Gasteiger partial charge in [-0.15, -0.1) is 0 Å². The molecule has 12 heavy (non-hydrogen) atoms. The molecule has 1 rings (SSSR count). The Bertz CT molecular complexity index is 234. The number of hydrogen-bond acceptors (Lipinski definition) is 6. The Morgan fingerprint density at radius 2 is 2.58 bits per heavy atom. The first-order valence-electron chi connectivity index (χ1n) is 3.44. The second kappa shape index (κ2) is 4.45. The zero-order valence-electron chi connectivity index (χ0n) is 6.40. The summed E-state index contributed by atoms with van der Waals surface area (Å²) in [5, 5.41) is 3.39. The van der Waals surface area contributed by atoms with Crippen LogP contribution in [0.5, 0.6) is 0 Å². The minimum atomic E-state index is -0.436. The first-order valence-corrected chi connectivity index (χ1v) is 3.44. The zero-order valence-corrected chi connectivity index (χ0v) is 6.40. The highest BCUT2D eigenvalue weighted by Gasteiger charge is 2.01. The summed E-state index contributed by atoms with van der Waals surface area (Å²) in [6.07, 6.45) is 1.71. The van der Waals surface area contributed by atoms with Gasteiger partial charge in [-0.05, 0) is 0 Å². The Morgan fingerprint density at radius 3 is 3.17 bits per heavy atom. The van der Waals surface area contributed by atoms with E-state index in [0.717, 1.165) is 0 Å². The molecule has 1 aromatic rings. The summed E-state index contributed by atoms with van der Waals surface area (Å²) in [5.74, 6) is 0.00865. The zero-order chi connectivity index (χ0) is 8.81. The molecule has 6 nitrogen and oxygen atoms in total. The van der Waals surface area contributed by atoms with Crippen LogP contribution in [0.25, 0.3) is 0 Å². The number of carbonyl (C=O) groups excluding carboxylic acids is 1. The van der Waals surface area contributed by atoms with Gasteiger partial charge < -0.3 is 15.0 Å². The number of ether oxygens (including phenoxy) is 1. The molecule has 0 atom stereocenters. The van der Waals surface area contributed by atoms with Gasteiger partial charge in [-0.2, -0.15) is 4.98 Å². The Hall–Kier alpha value is -1.43. The minimum Gasteiger partial charge on any atom is -0.464 e. The van der Waals surface area contributed by atoms with E-state index in [-0.39, 0.29) is 13.2 Å². The second-order valence-corrected chi connectivity index (χ2v) is 2.01. The number of rotatable bonds is 4. The van der Waals surface area contributed by atoms with Crippen molar-refractivity contribution in [2.45, 2.75) is 6.42 Å². The number of nitrogens with two attached hydrogens (primary N) is 1. The highest BCUT2D eigenvalue weighted by Crippen LogP contribution is 1.92. The molecule has 0 spiro atoms. The molecule has 1 heterocycles. The van der Waals surface area contributed by atoms with Crippen molar-refractivity contribution in [3.8, 4) is 0 Å². The van der Waals surface area contributed by atoms with Crippen LogP contribution in [-0.4, -0.2) is 29.3 Å². The predicted molar refractivity (Wildman–Crippen MR) is 38.0 cm³/mol. The van der Waals surface area contributed by atoms with Gasteiger partial charge in [0.1, 0.15) is 6.61 Å². The molecule has 2 N–H and O–H groups in total. The summed E-state index contributed by atoms with van der Waals surface area (Å²) in [5.41, 5.74) is 5.01. The Labute approximate surface area is 68.7 Å². The van der Waals surface area contributed by atoms with E-state index in [1.807, 2.05) is 0 Å². The summed E-state index contributed by atoms with van der Waals surface area (Å²) in [7, 11) is 0. The van der Waals surface area contributed by atoms with Gasteiger partial charge in [0, 0.05) is 0 Å². The fraction of sp³-hybridized carbons (Fsp3) is 0.500. The Balaban J connectivity index is 2.15.